The van der Waals surface area contributed by atoms with Crippen molar-refractivity contribution in [2.75, 3.05) is 0 Å². The van der Waals surface area contributed by atoms with Crippen molar-refractivity contribution in [3.8, 4) is 28.4 Å². The van der Waals surface area contributed by atoms with E-state index in [4.69, 9.17) is 11.6 Å². The Morgan fingerprint density at radius 2 is 1.75 bits per heavy atom. The maximum absolute atomic E-state index is 13.4. The second-order valence-corrected chi connectivity index (χ2v) is 4.64. The lowest BCUT2D eigenvalue weighted by atomic mass is 10.00. The Balaban J connectivity index is 2.65. The van der Waals surface area contributed by atoms with Gasteiger partial charge < -0.3 is 15.3 Å². The quantitative estimate of drug-likeness (QED) is 0.586. The Labute approximate surface area is 118 Å². The number of aromatic hydroxyl groups is 3. The van der Waals surface area contributed by atoms with Crippen LogP contribution in [0.15, 0.2) is 24.3 Å². The van der Waals surface area contributed by atoms with E-state index in [-0.39, 0.29) is 33.2 Å². The first kappa shape index (κ1) is 14.1. The molecule has 0 saturated heterocycles. The van der Waals surface area contributed by atoms with E-state index in [1.54, 1.807) is 0 Å². The predicted octanol–water partition coefficient (Wildman–Crippen LogP) is 3.47. The first-order chi connectivity index (χ1) is 9.31. The van der Waals surface area contributed by atoms with Gasteiger partial charge in [0.1, 0.15) is 11.5 Å². The average molecular weight is 297 g/mol. The first-order valence-corrected chi connectivity index (χ1v) is 5.94. The minimum atomic E-state index is -0.956. The third-order valence-electron chi connectivity index (χ3n) is 2.82. The van der Waals surface area contributed by atoms with Gasteiger partial charge in [0, 0.05) is 5.56 Å². The summed E-state index contributed by atoms with van der Waals surface area (Å²) in [7, 11) is 0. The van der Waals surface area contributed by atoms with Gasteiger partial charge in [-0.1, -0.05) is 11.6 Å². The molecule has 2 aromatic rings. The summed E-state index contributed by atoms with van der Waals surface area (Å²) in [5.74, 6) is -2.72. The molecule has 0 bridgehead atoms. The monoisotopic (exact) mass is 296 g/mol. The van der Waals surface area contributed by atoms with Gasteiger partial charge in [-0.05, 0) is 36.8 Å². The van der Waals surface area contributed by atoms with Crippen LogP contribution >= 0.6 is 11.6 Å². The van der Waals surface area contributed by atoms with Crippen LogP contribution in [0.4, 0.5) is 4.39 Å². The Bertz CT molecular complexity index is 690. The lowest BCUT2D eigenvalue weighted by molar-refractivity contribution is 0.101. The fraction of sp³-hybridized carbons (Fsp3) is 0.0714. The van der Waals surface area contributed by atoms with Crippen LogP contribution in [0.5, 0.6) is 17.2 Å². The van der Waals surface area contributed by atoms with Crippen LogP contribution in [0.2, 0.25) is 5.02 Å². The van der Waals surface area contributed by atoms with Crippen LogP contribution in [0.25, 0.3) is 11.1 Å². The average Bonchev–Trinajstić information content (AvgIpc) is 2.37. The van der Waals surface area contributed by atoms with E-state index in [9.17, 15) is 24.5 Å². The molecule has 0 spiro atoms. The number of hydrogen-bond acceptors (Lipinski definition) is 4. The van der Waals surface area contributed by atoms with Crippen molar-refractivity contribution >= 4 is 17.4 Å². The summed E-state index contributed by atoms with van der Waals surface area (Å²) in [4.78, 5) is 11.2. The molecule has 4 nitrogen and oxygen atoms in total. The van der Waals surface area contributed by atoms with Gasteiger partial charge in [-0.25, -0.2) is 4.39 Å². The first-order valence-electron chi connectivity index (χ1n) is 5.56. The van der Waals surface area contributed by atoms with Gasteiger partial charge in [-0.15, -0.1) is 0 Å². The molecule has 0 aliphatic rings. The number of benzene rings is 2. The number of ketones is 1. The van der Waals surface area contributed by atoms with Crippen LogP contribution in [-0.4, -0.2) is 21.1 Å². The zero-order valence-electron chi connectivity index (χ0n) is 10.3. The second-order valence-electron chi connectivity index (χ2n) is 4.23. The number of rotatable bonds is 2. The van der Waals surface area contributed by atoms with Crippen molar-refractivity contribution in [3.05, 3.63) is 40.7 Å². The number of hydrogen-bond donors (Lipinski definition) is 3. The summed E-state index contributed by atoms with van der Waals surface area (Å²) in [5, 5.41) is 28.6. The third kappa shape index (κ3) is 2.40. The normalized spacial score (nSPS) is 10.6. The zero-order chi connectivity index (χ0) is 15.0. The van der Waals surface area contributed by atoms with E-state index in [1.807, 2.05) is 0 Å². The molecule has 20 heavy (non-hydrogen) atoms. The maximum atomic E-state index is 13.4. The molecule has 0 atom stereocenters. The van der Waals surface area contributed by atoms with Crippen molar-refractivity contribution in [1.29, 1.82) is 0 Å². The molecule has 0 aliphatic carbocycles. The van der Waals surface area contributed by atoms with E-state index in [1.165, 1.54) is 13.0 Å². The Morgan fingerprint density at radius 3 is 2.30 bits per heavy atom. The molecular formula is C14H10ClFO4. The molecule has 2 rings (SSSR count). The molecule has 0 fully saturated rings. The van der Waals surface area contributed by atoms with E-state index in [2.05, 4.69) is 0 Å². The highest BCUT2D eigenvalue weighted by atomic mass is 35.5. The lowest BCUT2D eigenvalue weighted by Gasteiger charge is -2.10. The number of carbonyl (C=O) groups excluding carboxylic acids is 1. The Morgan fingerprint density at radius 1 is 1.10 bits per heavy atom. The van der Waals surface area contributed by atoms with Crippen molar-refractivity contribution in [2.24, 2.45) is 0 Å². The number of carbonyl (C=O) groups is 1. The molecular weight excluding hydrogens is 287 g/mol. The standard InChI is InChI=1S/C14H10ClFO4/c1-6(17)8-4-13(19)9(5-12(8)18)7-2-10(15)14(20)11(16)3-7/h2-5,18-20H,1H3. The summed E-state index contributed by atoms with van der Waals surface area (Å²) < 4.78 is 13.4. The molecule has 0 heterocycles. The topological polar surface area (TPSA) is 77.8 Å². The molecule has 0 aromatic heterocycles. The minimum Gasteiger partial charge on any atom is -0.507 e. The SMILES string of the molecule is CC(=O)c1cc(O)c(-c2cc(F)c(O)c(Cl)c2)cc1O. The van der Waals surface area contributed by atoms with Gasteiger partial charge in [-0.3, -0.25) is 4.79 Å². The summed E-state index contributed by atoms with van der Waals surface area (Å²) in [6.45, 7) is 1.24. The van der Waals surface area contributed by atoms with Crippen LogP contribution < -0.4 is 0 Å². The summed E-state index contributed by atoms with van der Waals surface area (Å²) in [5.41, 5.74) is 0.207. The largest absolute Gasteiger partial charge is 0.507 e. The van der Waals surface area contributed by atoms with Gasteiger partial charge in [-0.2, -0.15) is 0 Å². The summed E-state index contributed by atoms with van der Waals surface area (Å²) >= 11 is 5.65. The highest BCUT2D eigenvalue weighted by Gasteiger charge is 2.16. The molecule has 0 unspecified atom stereocenters. The number of phenolic OH excluding ortho intramolecular Hbond substituents is 3. The predicted molar refractivity (Wildman–Crippen MR) is 71.8 cm³/mol. The second kappa shape index (κ2) is 5.02. The van der Waals surface area contributed by atoms with Crippen LogP contribution in [-0.2, 0) is 0 Å². The third-order valence-corrected chi connectivity index (χ3v) is 3.11. The molecule has 3 N–H and O–H groups in total. The Kier molecular flexibility index (Phi) is 3.55. The lowest BCUT2D eigenvalue weighted by Crippen LogP contribution is -1.94. The summed E-state index contributed by atoms with van der Waals surface area (Å²) in [6.07, 6.45) is 0. The van der Waals surface area contributed by atoms with Crippen LogP contribution in [0.1, 0.15) is 17.3 Å². The number of phenols is 3. The highest BCUT2D eigenvalue weighted by molar-refractivity contribution is 6.32. The maximum Gasteiger partial charge on any atom is 0.170 e. The van der Waals surface area contributed by atoms with E-state index in [0.717, 1.165) is 18.2 Å². The van der Waals surface area contributed by atoms with Crippen molar-refractivity contribution in [2.45, 2.75) is 6.92 Å². The van der Waals surface area contributed by atoms with Crippen molar-refractivity contribution in [1.82, 2.24) is 0 Å². The number of halogens is 2. The van der Waals surface area contributed by atoms with Gasteiger partial charge in [0.05, 0.1) is 10.6 Å². The van der Waals surface area contributed by atoms with Gasteiger partial charge >= 0.3 is 0 Å². The van der Waals surface area contributed by atoms with Gasteiger partial charge in [0.2, 0.25) is 0 Å². The van der Waals surface area contributed by atoms with Gasteiger partial charge in [0.25, 0.3) is 0 Å². The summed E-state index contributed by atoms with van der Waals surface area (Å²) in [6, 6.07) is 4.42. The Hall–Kier alpha value is -2.27. The molecule has 0 radical (unpaired) electrons. The molecule has 0 amide bonds. The minimum absolute atomic E-state index is 0.0448. The molecule has 6 heteroatoms. The molecule has 104 valence electrons. The zero-order valence-corrected chi connectivity index (χ0v) is 11.1. The van der Waals surface area contributed by atoms with Crippen molar-refractivity contribution in [3.63, 3.8) is 0 Å². The fourth-order valence-corrected chi connectivity index (χ4v) is 2.02. The van der Waals surface area contributed by atoms with Crippen molar-refractivity contribution < 1.29 is 24.5 Å². The van der Waals surface area contributed by atoms with Crippen LogP contribution in [0.3, 0.4) is 0 Å². The molecule has 2 aromatic carbocycles. The number of Topliss-reactive ketones (excluding diaryl/α,β-unsaturated/α-hetero) is 1. The fourth-order valence-electron chi connectivity index (χ4n) is 1.81. The molecule has 0 aliphatic heterocycles. The van der Waals surface area contributed by atoms with E-state index >= 15 is 0 Å². The smallest absolute Gasteiger partial charge is 0.170 e. The van der Waals surface area contributed by atoms with E-state index in [0.29, 0.717) is 0 Å². The van der Waals surface area contributed by atoms with E-state index < -0.39 is 17.3 Å². The van der Waals surface area contributed by atoms with Gasteiger partial charge in [0.15, 0.2) is 17.3 Å². The highest BCUT2D eigenvalue weighted by Crippen LogP contribution is 2.38. The van der Waals surface area contributed by atoms with Crippen LogP contribution in [0, 0.1) is 5.82 Å². The molecule has 0 saturated carbocycles.